The van der Waals surface area contributed by atoms with Crippen LogP contribution < -0.4 is 15.8 Å². The molecule has 0 atom stereocenters. The molecule has 1 fully saturated rings. The maximum absolute atomic E-state index is 12.8. The fourth-order valence-electron chi connectivity index (χ4n) is 4.24. The first-order valence-corrected chi connectivity index (χ1v) is 11.5. The highest BCUT2D eigenvalue weighted by molar-refractivity contribution is 6.33. The molecule has 0 saturated carbocycles. The molecule has 0 spiro atoms. The lowest BCUT2D eigenvalue weighted by Gasteiger charge is -2.29. The molecule has 5 nitrogen and oxygen atoms in total. The van der Waals surface area contributed by atoms with Crippen LogP contribution in [0.2, 0.25) is 5.02 Å². The summed E-state index contributed by atoms with van der Waals surface area (Å²) in [5.74, 6) is -0.242. The van der Waals surface area contributed by atoms with Crippen LogP contribution in [0.25, 0.3) is 22.1 Å². The van der Waals surface area contributed by atoms with E-state index in [1.165, 1.54) is 19.3 Å². The normalized spacial score (nSPS) is 13.8. The Morgan fingerprint density at radius 1 is 0.909 bits per heavy atom. The van der Waals surface area contributed by atoms with Gasteiger partial charge in [0.05, 0.1) is 16.3 Å². The Balaban J connectivity index is 1.32. The molecule has 1 amide bonds. The maximum Gasteiger partial charge on any atom is 0.344 e. The molecule has 1 aliphatic heterocycles. The van der Waals surface area contributed by atoms with Crippen LogP contribution in [0.5, 0.6) is 0 Å². The smallest absolute Gasteiger partial charge is 0.344 e. The van der Waals surface area contributed by atoms with E-state index in [9.17, 15) is 9.59 Å². The highest BCUT2D eigenvalue weighted by Gasteiger charge is 2.15. The molecule has 5 rings (SSSR count). The number of anilines is 2. The highest BCUT2D eigenvalue weighted by Crippen LogP contribution is 2.31. The maximum atomic E-state index is 12.8. The molecule has 2 heterocycles. The minimum Gasteiger partial charge on any atom is -0.422 e. The zero-order valence-electron chi connectivity index (χ0n) is 18.0. The Morgan fingerprint density at radius 2 is 1.67 bits per heavy atom. The van der Waals surface area contributed by atoms with Crippen molar-refractivity contribution in [3.05, 3.63) is 93.8 Å². The fourth-order valence-corrected chi connectivity index (χ4v) is 4.54. The summed E-state index contributed by atoms with van der Waals surface area (Å²) in [7, 11) is 0. The minimum absolute atomic E-state index is 0.242. The summed E-state index contributed by atoms with van der Waals surface area (Å²) in [6.07, 6.45) is 3.60. The summed E-state index contributed by atoms with van der Waals surface area (Å²) in [4.78, 5) is 27.5. The predicted molar refractivity (Wildman–Crippen MR) is 133 cm³/mol. The molecule has 0 unspecified atom stereocenters. The number of para-hydroxylation sites is 1. The van der Waals surface area contributed by atoms with Gasteiger partial charge >= 0.3 is 5.63 Å². The van der Waals surface area contributed by atoms with Gasteiger partial charge in [-0.2, -0.15) is 0 Å². The Hall–Kier alpha value is -3.57. The lowest BCUT2D eigenvalue weighted by Crippen LogP contribution is -2.29. The van der Waals surface area contributed by atoms with Crippen molar-refractivity contribution in [3.63, 3.8) is 0 Å². The molecular weight excluding hydrogens is 436 g/mol. The zero-order chi connectivity index (χ0) is 22.8. The Bertz CT molecular complexity index is 1370. The first-order valence-electron chi connectivity index (χ1n) is 11.1. The average Bonchev–Trinajstić information content (AvgIpc) is 2.84. The minimum atomic E-state index is -0.408. The van der Waals surface area contributed by atoms with Crippen LogP contribution >= 0.6 is 11.6 Å². The molecular formula is C27H23ClN2O3. The number of hydrogen-bond acceptors (Lipinski definition) is 4. The van der Waals surface area contributed by atoms with Crippen LogP contribution in [0.3, 0.4) is 0 Å². The number of piperidine rings is 1. The van der Waals surface area contributed by atoms with Gasteiger partial charge in [-0.1, -0.05) is 41.9 Å². The van der Waals surface area contributed by atoms with Crippen molar-refractivity contribution in [1.29, 1.82) is 0 Å². The molecule has 1 aliphatic rings. The number of carbonyl (C=O) groups is 1. The van der Waals surface area contributed by atoms with Gasteiger partial charge in [0, 0.05) is 29.7 Å². The lowest BCUT2D eigenvalue weighted by atomic mass is 10.0. The van der Waals surface area contributed by atoms with Gasteiger partial charge in [0.15, 0.2) is 0 Å². The van der Waals surface area contributed by atoms with Gasteiger partial charge in [0.25, 0.3) is 5.91 Å². The molecule has 33 heavy (non-hydrogen) atoms. The number of hydrogen-bond donors (Lipinski definition) is 1. The van der Waals surface area contributed by atoms with Gasteiger partial charge in [0.1, 0.15) is 5.58 Å². The monoisotopic (exact) mass is 458 g/mol. The Kier molecular flexibility index (Phi) is 5.88. The van der Waals surface area contributed by atoms with E-state index in [2.05, 4.69) is 10.2 Å². The molecule has 0 radical (unpaired) electrons. The topological polar surface area (TPSA) is 62.6 Å². The van der Waals surface area contributed by atoms with Crippen molar-refractivity contribution in [3.8, 4) is 11.1 Å². The van der Waals surface area contributed by atoms with Crippen LogP contribution in [0.15, 0.2) is 82.0 Å². The van der Waals surface area contributed by atoms with Crippen molar-refractivity contribution in [2.45, 2.75) is 19.3 Å². The summed E-state index contributed by atoms with van der Waals surface area (Å²) in [5, 5.41) is 4.38. The standard InChI is InChI=1S/C27H23ClN2O3/c28-23-17-21(12-13-24(23)30-14-4-1-5-15-30)29-26(31)19-10-8-18(9-11-19)22-16-20-6-2-3-7-25(20)33-27(22)32/h2-3,6-13,16-17H,1,4-5,14-15H2,(H,29,31). The number of rotatable bonds is 4. The summed E-state index contributed by atoms with van der Waals surface area (Å²) in [5.41, 5.74) is 3.43. The Morgan fingerprint density at radius 3 is 2.42 bits per heavy atom. The summed E-state index contributed by atoms with van der Waals surface area (Å²) in [6, 6.07) is 21.7. The third-order valence-corrected chi connectivity index (χ3v) is 6.30. The molecule has 0 aliphatic carbocycles. The highest BCUT2D eigenvalue weighted by atomic mass is 35.5. The van der Waals surface area contributed by atoms with E-state index in [4.69, 9.17) is 16.0 Å². The first-order chi connectivity index (χ1) is 16.1. The SMILES string of the molecule is O=C(Nc1ccc(N2CCCCC2)c(Cl)c1)c1ccc(-c2cc3ccccc3oc2=O)cc1. The summed E-state index contributed by atoms with van der Waals surface area (Å²) < 4.78 is 5.42. The van der Waals surface area contributed by atoms with Crippen molar-refractivity contribution in [2.75, 3.05) is 23.3 Å². The van der Waals surface area contributed by atoms with E-state index >= 15 is 0 Å². The molecule has 1 saturated heterocycles. The predicted octanol–water partition coefficient (Wildman–Crippen LogP) is 6.36. The van der Waals surface area contributed by atoms with Crippen molar-refractivity contribution < 1.29 is 9.21 Å². The lowest BCUT2D eigenvalue weighted by molar-refractivity contribution is 0.102. The number of halogens is 1. The van der Waals surface area contributed by atoms with Crippen LogP contribution in [0.4, 0.5) is 11.4 Å². The van der Waals surface area contributed by atoms with Gasteiger partial charge < -0.3 is 14.6 Å². The summed E-state index contributed by atoms with van der Waals surface area (Å²) >= 11 is 6.51. The molecule has 3 aromatic carbocycles. The second-order valence-electron chi connectivity index (χ2n) is 8.23. The number of benzene rings is 3. The number of fused-ring (bicyclic) bond motifs is 1. The molecule has 166 valence electrons. The molecule has 1 N–H and O–H groups in total. The largest absolute Gasteiger partial charge is 0.422 e. The number of amides is 1. The van der Waals surface area contributed by atoms with Gasteiger partial charge in [-0.3, -0.25) is 4.79 Å². The van der Waals surface area contributed by atoms with Crippen molar-refractivity contribution >= 4 is 39.9 Å². The molecule has 4 aromatic rings. The van der Waals surface area contributed by atoms with Crippen LogP contribution in [0, 0.1) is 0 Å². The van der Waals surface area contributed by atoms with Crippen molar-refractivity contribution in [1.82, 2.24) is 0 Å². The third kappa shape index (κ3) is 4.50. The Labute approximate surface area is 196 Å². The van der Waals surface area contributed by atoms with Crippen LogP contribution in [0.1, 0.15) is 29.6 Å². The van der Waals surface area contributed by atoms with Gasteiger partial charge in [-0.15, -0.1) is 0 Å². The van der Waals surface area contributed by atoms with E-state index in [0.717, 1.165) is 24.2 Å². The summed E-state index contributed by atoms with van der Waals surface area (Å²) in [6.45, 7) is 2.01. The molecule has 1 aromatic heterocycles. The zero-order valence-corrected chi connectivity index (χ0v) is 18.8. The number of nitrogens with zero attached hydrogens (tertiary/aromatic N) is 1. The van der Waals surface area contributed by atoms with Crippen LogP contribution in [-0.4, -0.2) is 19.0 Å². The number of carbonyl (C=O) groups excluding carboxylic acids is 1. The first kappa shape index (κ1) is 21.3. The van der Waals surface area contributed by atoms with Gasteiger partial charge in [0.2, 0.25) is 0 Å². The van der Waals surface area contributed by atoms with Gasteiger partial charge in [-0.25, -0.2) is 4.79 Å². The molecule has 6 heteroatoms. The number of nitrogens with one attached hydrogen (secondary N) is 1. The average molecular weight is 459 g/mol. The van der Waals surface area contributed by atoms with Crippen LogP contribution in [-0.2, 0) is 0 Å². The van der Waals surface area contributed by atoms with Gasteiger partial charge in [-0.05, 0) is 67.3 Å². The van der Waals surface area contributed by atoms with E-state index in [-0.39, 0.29) is 5.91 Å². The van der Waals surface area contributed by atoms with E-state index in [0.29, 0.717) is 33.0 Å². The van der Waals surface area contributed by atoms with Crippen molar-refractivity contribution in [2.24, 2.45) is 0 Å². The quantitative estimate of drug-likeness (QED) is 0.361. The molecule has 0 bridgehead atoms. The van der Waals surface area contributed by atoms with E-state index < -0.39 is 5.63 Å². The van der Waals surface area contributed by atoms with E-state index in [1.54, 1.807) is 36.4 Å². The third-order valence-electron chi connectivity index (χ3n) is 6.00. The fraction of sp³-hybridized carbons (Fsp3) is 0.185. The van der Waals surface area contributed by atoms with E-state index in [1.807, 2.05) is 36.4 Å². The second-order valence-corrected chi connectivity index (χ2v) is 8.64. The second kappa shape index (κ2) is 9.12.